The Hall–Kier alpha value is -3.24. The summed E-state index contributed by atoms with van der Waals surface area (Å²) in [4.78, 5) is 35.8. The summed E-state index contributed by atoms with van der Waals surface area (Å²) >= 11 is 0. The van der Waals surface area contributed by atoms with Crippen LogP contribution in [0.4, 0.5) is 11.4 Å². The van der Waals surface area contributed by atoms with E-state index in [4.69, 9.17) is 0 Å². The number of nitrogens with one attached hydrogen (secondary N) is 3. The lowest BCUT2D eigenvalue weighted by atomic mass is 10.1. The van der Waals surface area contributed by atoms with Crippen molar-refractivity contribution in [2.24, 2.45) is 5.92 Å². The second-order valence-electron chi connectivity index (χ2n) is 8.70. The summed E-state index contributed by atoms with van der Waals surface area (Å²) in [5.41, 5.74) is 1.68. The van der Waals surface area contributed by atoms with Crippen LogP contribution in [0, 0.1) is 5.92 Å². The van der Waals surface area contributed by atoms with Gasteiger partial charge in [0.2, 0.25) is 21.8 Å². The van der Waals surface area contributed by atoms with E-state index in [1.165, 1.54) is 23.4 Å². The summed E-state index contributed by atoms with van der Waals surface area (Å²) in [7, 11) is -3.65. The Morgan fingerprint density at radius 3 is 1.94 bits per heavy atom. The van der Waals surface area contributed by atoms with Gasteiger partial charge < -0.3 is 16.0 Å². The number of sulfonamides is 1. The summed E-state index contributed by atoms with van der Waals surface area (Å²) in [5, 5.41) is 8.43. The van der Waals surface area contributed by atoms with Gasteiger partial charge in [0.05, 0.1) is 4.90 Å². The first kappa shape index (κ1) is 23.9. The average molecular weight is 485 g/mol. The van der Waals surface area contributed by atoms with Crippen molar-refractivity contribution in [3.8, 4) is 0 Å². The normalized spacial score (nSPS) is 17.1. The highest BCUT2D eigenvalue weighted by Gasteiger charge is 2.31. The molecule has 0 spiro atoms. The molecule has 0 unspecified atom stereocenters. The number of hydrogen-bond donors (Lipinski definition) is 3. The van der Waals surface area contributed by atoms with E-state index in [1.807, 2.05) is 0 Å². The molecule has 34 heavy (non-hydrogen) atoms. The van der Waals surface area contributed by atoms with Crippen LogP contribution in [0.15, 0.2) is 53.4 Å². The summed E-state index contributed by atoms with van der Waals surface area (Å²) in [5.74, 6) is -0.325. The highest BCUT2D eigenvalue weighted by molar-refractivity contribution is 7.89. The Morgan fingerprint density at radius 2 is 1.38 bits per heavy atom. The van der Waals surface area contributed by atoms with Crippen molar-refractivity contribution in [3.63, 3.8) is 0 Å². The van der Waals surface area contributed by atoms with E-state index in [9.17, 15) is 22.8 Å². The van der Waals surface area contributed by atoms with Crippen LogP contribution in [0.1, 0.15) is 43.0 Å². The first-order chi connectivity index (χ1) is 16.2. The fourth-order valence-corrected chi connectivity index (χ4v) is 5.34. The Kier molecular flexibility index (Phi) is 6.99. The Morgan fingerprint density at radius 1 is 0.824 bits per heavy atom. The third-order valence-corrected chi connectivity index (χ3v) is 7.88. The summed E-state index contributed by atoms with van der Waals surface area (Å²) in [6.07, 6.45) is 2.86. The Labute approximate surface area is 199 Å². The average Bonchev–Trinajstić information content (AvgIpc) is 3.66. The second-order valence-corrected chi connectivity index (χ2v) is 10.6. The van der Waals surface area contributed by atoms with E-state index in [2.05, 4.69) is 16.0 Å². The molecule has 1 saturated carbocycles. The van der Waals surface area contributed by atoms with E-state index in [-0.39, 0.29) is 34.6 Å². The maximum atomic E-state index is 12.9. The number of piperidine rings is 1. The number of anilines is 2. The van der Waals surface area contributed by atoms with Gasteiger partial charge in [-0.15, -0.1) is 0 Å². The van der Waals surface area contributed by atoms with Gasteiger partial charge in [-0.05, 0) is 74.2 Å². The van der Waals surface area contributed by atoms with Gasteiger partial charge in [-0.2, -0.15) is 4.31 Å². The fraction of sp³-hybridized carbons (Fsp3) is 0.375. The summed E-state index contributed by atoms with van der Waals surface area (Å²) < 4.78 is 27.3. The minimum Gasteiger partial charge on any atom is -0.349 e. The minimum atomic E-state index is -3.65. The van der Waals surface area contributed by atoms with Gasteiger partial charge in [-0.1, -0.05) is 0 Å². The Bertz CT molecular complexity index is 1170. The number of carbonyl (C=O) groups excluding carboxylic acids is 3. The quantitative estimate of drug-likeness (QED) is 0.557. The van der Waals surface area contributed by atoms with Crippen LogP contribution < -0.4 is 16.0 Å². The van der Waals surface area contributed by atoms with Gasteiger partial charge in [0.15, 0.2) is 0 Å². The molecular weight excluding hydrogens is 456 g/mol. The standard InChI is InChI=1S/C24H28N4O5S/c1-16(29)25-19-8-10-22(11-9-19)34(32,33)28-14-12-21(13-15-28)27-24(31)18-4-6-20(7-5-18)26-23(30)17-2-3-17/h4-11,17,21H,2-3,12-15H2,1H3,(H,25,29)(H,26,30)(H,27,31). The SMILES string of the molecule is CC(=O)Nc1ccc(S(=O)(=O)N2CCC(NC(=O)c3ccc(NC(=O)C4CC4)cc3)CC2)cc1. The molecule has 10 heteroatoms. The van der Waals surface area contributed by atoms with E-state index in [0.717, 1.165) is 12.8 Å². The number of rotatable bonds is 7. The second kappa shape index (κ2) is 9.94. The molecule has 0 radical (unpaired) electrons. The van der Waals surface area contributed by atoms with E-state index in [1.54, 1.807) is 36.4 Å². The molecule has 2 aromatic rings. The first-order valence-electron chi connectivity index (χ1n) is 11.3. The van der Waals surface area contributed by atoms with Gasteiger partial charge in [0.25, 0.3) is 5.91 Å². The zero-order chi connectivity index (χ0) is 24.3. The molecular formula is C24H28N4O5S. The van der Waals surface area contributed by atoms with Crippen molar-refractivity contribution in [2.45, 2.75) is 43.5 Å². The monoisotopic (exact) mass is 484 g/mol. The lowest BCUT2D eigenvalue weighted by Gasteiger charge is -2.31. The third kappa shape index (κ3) is 5.81. The van der Waals surface area contributed by atoms with Crippen molar-refractivity contribution < 1.29 is 22.8 Å². The number of carbonyl (C=O) groups is 3. The largest absolute Gasteiger partial charge is 0.349 e. The molecule has 1 saturated heterocycles. The minimum absolute atomic E-state index is 0.0163. The Balaban J connectivity index is 1.28. The molecule has 0 bridgehead atoms. The van der Waals surface area contributed by atoms with Crippen molar-refractivity contribution >= 4 is 39.1 Å². The lowest BCUT2D eigenvalue weighted by molar-refractivity contribution is -0.117. The van der Waals surface area contributed by atoms with Crippen LogP contribution in [0.2, 0.25) is 0 Å². The van der Waals surface area contributed by atoms with Crippen LogP contribution >= 0.6 is 0 Å². The highest BCUT2D eigenvalue weighted by Crippen LogP contribution is 2.30. The van der Waals surface area contributed by atoms with Crippen molar-refractivity contribution in [2.75, 3.05) is 23.7 Å². The predicted octanol–water partition coefficient (Wildman–Crippen LogP) is 2.58. The summed E-state index contributed by atoms with van der Waals surface area (Å²) in [6, 6.07) is 12.7. The number of hydrogen-bond acceptors (Lipinski definition) is 5. The molecule has 1 aliphatic carbocycles. The molecule has 4 rings (SSSR count). The van der Waals surface area contributed by atoms with Crippen molar-refractivity contribution in [3.05, 3.63) is 54.1 Å². The van der Waals surface area contributed by atoms with Gasteiger partial charge >= 0.3 is 0 Å². The smallest absolute Gasteiger partial charge is 0.251 e. The molecule has 0 aromatic heterocycles. The van der Waals surface area contributed by atoms with Crippen LogP contribution in [0.3, 0.4) is 0 Å². The topological polar surface area (TPSA) is 125 Å². The van der Waals surface area contributed by atoms with E-state index >= 15 is 0 Å². The van der Waals surface area contributed by atoms with Gasteiger partial charge in [-0.25, -0.2) is 8.42 Å². The number of nitrogens with zero attached hydrogens (tertiary/aromatic N) is 1. The number of benzene rings is 2. The van der Waals surface area contributed by atoms with Crippen LogP contribution in [0.25, 0.3) is 0 Å². The molecule has 180 valence electrons. The van der Waals surface area contributed by atoms with Crippen LogP contribution in [-0.4, -0.2) is 49.6 Å². The molecule has 1 aliphatic heterocycles. The van der Waals surface area contributed by atoms with Gasteiger partial charge in [-0.3, -0.25) is 14.4 Å². The molecule has 2 fully saturated rings. The highest BCUT2D eigenvalue weighted by atomic mass is 32.2. The van der Waals surface area contributed by atoms with Crippen molar-refractivity contribution in [1.82, 2.24) is 9.62 Å². The number of amides is 3. The summed E-state index contributed by atoms with van der Waals surface area (Å²) in [6.45, 7) is 1.98. The van der Waals surface area contributed by atoms with Gasteiger partial charge in [0.1, 0.15) is 0 Å². The molecule has 1 heterocycles. The lowest BCUT2D eigenvalue weighted by Crippen LogP contribution is -2.46. The third-order valence-electron chi connectivity index (χ3n) is 5.96. The predicted molar refractivity (Wildman–Crippen MR) is 128 cm³/mol. The molecule has 2 aliphatic rings. The van der Waals surface area contributed by atoms with E-state index in [0.29, 0.717) is 42.9 Å². The zero-order valence-electron chi connectivity index (χ0n) is 18.9. The molecule has 2 aromatic carbocycles. The molecule has 3 amide bonds. The van der Waals surface area contributed by atoms with Crippen molar-refractivity contribution in [1.29, 1.82) is 0 Å². The van der Waals surface area contributed by atoms with Crippen LogP contribution in [0.5, 0.6) is 0 Å². The first-order valence-corrected chi connectivity index (χ1v) is 12.8. The van der Waals surface area contributed by atoms with Gasteiger partial charge in [0, 0.05) is 48.9 Å². The van der Waals surface area contributed by atoms with E-state index < -0.39 is 10.0 Å². The fourth-order valence-electron chi connectivity index (χ4n) is 3.87. The molecule has 0 atom stereocenters. The zero-order valence-corrected chi connectivity index (χ0v) is 19.7. The molecule has 3 N–H and O–H groups in total. The molecule has 9 nitrogen and oxygen atoms in total. The maximum Gasteiger partial charge on any atom is 0.251 e. The van der Waals surface area contributed by atoms with Crippen LogP contribution in [-0.2, 0) is 19.6 Å². The maximum absolute atomic E-state index is 12.9.